The molecular formula is C28H28N6O2S. The molecule has 0 unspecified atom stereocenters. The second kappa shape index (κ2) is 10.9. The highest BCUT2D eigenvalue weighted by molar-refractivity contribution is 7.15. The Balaban J connectivity index is 1.40. The first-order valence-corrected chi connectivity index (χ1v) is 12.8. The molecule has 4 aromatic rings. The molecule has 1 amide bonds. The number of fused-ring (bicyclic) bond motifs is 1. The van der Waals surface area contributed by atoms with E-state index >= 15 is 0 Å². The number of ether oxygens (including phenoxy) is 1. The molecule has 9 heteroatoms. The van der Waals surface area contributed by atoms with E-state index in [0.717, 1.165) is 52.0 Å². The van der Waals surface area contributed by atoms with Gasteiger partial charge < -0.3 is 15.0 Å². The van der Waals surface area contributed by atoms with E-state index in [9.17, 15) is 4.79 Å². The van der Waals surface area contributed by atoms with Crippen LogP contribution < -0.4 is 10.6 Å². The monoisotopic (exact) mass is 512 g/mol. The summed E-state index contributed by atoms with van der Waals surface area (Å²) in [5.41, 5.74) is 6.76. The molecule has 0 radical (unpaired) electrons. The molecule has 8 nitrogen and oxygen atoms in total. The summed E-state index contributed by atoms with van der Waals surface area (Å²) in [6.07, 6.45) is 3.81. The van der Waals surface area contributed by atoms with Crippen LogP contribution in [0.2, 0.25) is 0 Å². The van der Waals surface area contributed by atoms with Gasteiger partial charge in [0.25, 0.3) is 0 Å². The highest BCUT2D eigenvalue weighted by Crippen LogP contribution is 2.37. The minimum absolute atomic E-state index is 0.146. The number of carbonyl (C=O) groups excluding carboxylic acids is 1. The maximum atomic E-state index is 12.0. The molecule has 0 fully saturated rings. The summed E-state index contributed by atoms with van der Waals surface area (Å²) in [6.45, 7) is 7.69. The first kappa shape index (κ1) is 24.6. The second-order valence-corrected chi connectivity index (χ2v) is 10.1. The van der Waals surface area contributed by atoms with Crippen LogP contribution in [0.1, 0.15) is 16.1 Å². The van der Waals surface area contributed by atoms with E-state index in [2.05, 4.69) is 52.3 Å². The third-order valence-corrected chi connectivity index (χ3v) is 7.00. The molecule has 0 bridgehead atoms. The standard InChI is InChI=1S/C28H28N6O2S/c1-4-14-36-28(35)32-22-7-5-6-20(15-22)25-26(37-18(2)30-25)24-10-12-29-27(33-24)31-23-9-8-19-11-13-34(3)17-21(19)16-23/h4-10,12,15-16H,1,11,13-14,17H2,2-3H3,(H,32,35)(H,29,31,33). The predicted octanol–water partition coefficient (Wildman–Crippen LogP) is 6.04. The van der Waals surface area contributed by atoms with Gasteiger partial charge in [-0.05, 0) is 61.9 Å². The number of nitrogens with zero attached hydrogens (tertiary/aromatic N) is 4. The summed E-state index contributed by atoms with van der Waals surface area (Å²) >= 11 is 1.57. The van der Waals surface area contributed by atoms with Crippen molar-refractivity contribution in [3.05, 3.63) is 83.5 Å². The Morgan fingerprint density at radius 3 is 2.92 bits per heavy atom. The van der Waals surface area contributed by atoms with Crippen LogP contribution in [0.3, 0.4) is 0 Å². The molecule has 0 saturated carbocycles. The predicted molar refractivity (Wildman–Crippen MR) is 148 cm³/mol. The second-order valence-electron chi connectivity index (χ2n) is 8.87. The van der Waals surface area contributed by atoms with Gasteiger partial charge in [0.15, 0.2) is 0 Å². The van der Waals surface area contributed by atoms with Crippen molar-refractivity contribution in [2.24, 2.45) is 0 Å². The Labute approximate surface area is 220 Å². The van der Waals surface area contributed by atoms with Crippen LogP contribution in [0.25, 0.3) is 21.8 Å². The molecule has 1 aliphatic heterocycles. The number of rotatable bonds is 7. The van der Waals surface area contributed by atoms with Gasteiger partial charge in [0, 0.05) is 36.2 Å². The molecule has 2 N–H and O–H groups in total. The van der Waals surface area contributed by atoms with E-state index in [1.165, 1.54) is 17.2 Å². The lowest BCUT2D eigenvalue weighted by molar-refractivity contribution is 0.174. The number of aryl methyl sites for hydroxylation is 1. The van der Waals surface area contributed by atoms with Crippen molar-refractivity contribution >= 4 is 34.8 Å². The van der Waals surface area contributed by atoms with Crippen LogP contribution in [0, 0.1) is 6.92 Å². The molecule has 2 aromatic carbocycles. The van der Waals surface area contributed by atoms with Crippen molar-refractivity contribution in [3.8, 4) is 21.8 Å². The quantitative estimate of drug-likeness (QED) is 0.292. The number of nitrogens with one attached hydrogen (secondary N) is 2. The summed E-state index contributed by atoms with van der Waals surface area (Å²) in [5.74, 6) is 0.527. The zero-order valence-electron chi connectivity index (χ0n) is 20.8. The van der Waals surface area contributed by atoms with Gasteiger partial charge in [-0.2, -0.15) is 0 Å². The van der Waals surface area contributed by atoms with Crippen molar-refractivity contribution in [2.45, 2.75) is 19.9 Å². The topological polar surface area (TPSA) is 92.3 Å². The minimum atomic E-state index is -0.535. The fourth-order valence-electron chi connectivity index (χ4n) is 4.28. The van der Waals surface area contributed by atoms with Crippen LogP contribution in [0.4, 0.5) is 22.1 Å². The largest absolute Gasteiger partial charge is 0.445 e. The van der Waals surface area contributed by atoms with Gasteiger partial charge in [-0.15, -0.1) is 11.3 Å². The smallest absolute Gasteiger partial charge is 0.411 e. The van der Waals surface area contributed by atoms with Gasteiger partial charge in [-0.1, -0.05) is 30.9 Å². The summed E-state index contributed by atoms with van der Waals surface area (Å²) in [7, 11) is 2.14. The molecule has 0 saturated heterocycles. The van der Waals surface area contributed by atoms with Gasteiger partial charge >= 0.3 is 6.09 Å². The first-order chi connectivity index (χ1) is 18.0. The van der Waals surface area contributed by atoms with E-state index in [1.54, 1.807) is 23.6 Å². The number of anilines is 3. The highest BCUT2D eigenvalue weighted by atomic mass is 32.1. The summed E-state index contributed by atoms with van der Waals surface area (Å²) < 4.78 is 5.03. The number of hydrogen-bond donors (Lipinski definition) is 2. The van der Waals surface area contributed by atoms with Crippen LogP contribution in [-0.4, -0.2) is 46.1 Å². The number of likely N-dealkylation sites (N-methyl/N-ethyl adjacent to an activating group) is 1. The van der Waals surface area contributed by atoms with Gasteiger partial charge in [-0.25, -0.2) is 19.7 Å². The van der Waals surface area contributed by atoms with Crippen molar-refractivity contribution in [2.75, 3.05) is 30.8 Å². The lowest BCUT2D eigenvalue weighted by atomic mass is 9.99. The van der Waals surface area contributed by atoms with Crippen molar-refractivity contribution < 1.29 is 9.53 Å². The zero-order chi connectivity index (χ0) is 25.8. The van der Waals surface area contributed by atoms with Crippen LogP contribution >= 0.6 is 11.3 Å². The van der Waals surface area contributed by atoms with Gasteiger partial charge in [0.1, 0.15) is 6.61 Å². The van der Waals surface area contributed by atoms with Crippen LogP contribution in [-0.2, 0) is 17.7 Å². The first-order valence-electron chi connectivity index (χ1n) is 12.0. The van der Waals surface area contributed by atoms with E-state index < -0.39 is 6.09 Å². The Kier molecular flexibility index (Phi) is 7.25. The number of benzene rings is 2. The van der Waals surface area contributed by atoms with E-state index in [4.69, 9.17) is 14.7 Å². The molecule has 188 valence electrons. The summed E-state index contributed by atoms with van der Waals surface area (Å²) in [5, 5.41) is 7.03. The third-order valence-electron chi connectivity index (χ3n) is 6.00. The third kappa shape index (κ3) is 5.84. The van der Waals surface area contributed by atoms with E-state index in [0.29, 0.717) is 11.6 Å². The lowest BCUT2D eigenvalue weighted by Crippen LogP contribution is -2.26. The minimum Gasteiger partial charge on any atom is -0.445 e. The molecule has 0 spiro atoms. The number of thiazole rings is 1. The number of carbonyl (C=O) groups is 1. The number of hydrogen-bond acceptors (Lipinski definition) is 8. The van der Waals surface area contributed by atoms with Gasteiger partial charge in [0.2, 0.25) is 5.95 Å². The van der Waals surface area contributed by atoms with E-state index in [-0.39, 0.29) is 6.61 Å². The maximum absolute atomic E-state index is 12.0. The molecule has 37 heavy (non-hydrogen) atoms. The molecule has 3 heterocycles. The molecule has 5 rings (SSSR count). The van der Waals surface area contributed by atoms with Crippen LogP contribution in [0.15, 0.2) is 67.4 Å². The van der Waals surface area contributed by atoms with Crippen molar-refractivity contribution in [3.63, 3.8) is 0 Å². The van der Waals surface area contributed by atoms with Crippen molar-refractivity contribution in [1.82, 2.24) is 19.9 Å². The Morgan fingerprint density at radius 2 is 2.05 bits per heavy atom. The van der Waals surface area contributed by atoms with Gasteiger partial charge in [-0.3, -0.25) is 5.32 Å². The molecule has 0 atom stereocenters. The van der Waals surface area contributed by atoms with Gasteiger partial charge in [0.05, 0.1) is 21.3 Å². The normalized spacial score (nSPS) is 13.0. The molecular weight excluding hydrogens is 484 g/mol. The summed E-state index contributed by atoms with van der Waals surface area (Å²) in [4.78, 5) is 29.3. The average molecular weight is 513 g/mol. The fraction of sp³-hybridized carbons (Fsp3) is 0.214. The Bertz CT molecular complexity index is 1450. The van der Waals surface area contributed by atoms with E-state index in [1.807, 2.05) is 31.2 Å². The lowest BCUT2D eigenvalue weighted by Gasteiger charge is -2.25. The Hall–Kier alpha value is -4.08. The number of aromatic nitrogens is 3. The molecule has 2 aromatic heterocycles. The Morgan fingerprint density at radius 1 is 1.16 bits per heavy atom. The maximum Gasteiger partial charge on any atom is 0.411 e. The van der Waals surface area contributed by atoms with Crippen molar-refractivity contribution in [1.29, 1.82) is 0 Å². The molecule has 1 aliphatic rings. The molecule has 0 aliphatic carbocycles. The highest BCUT2D eigenvalue weighted by Gasteiger charge is 2.17. The fourth-order valence-corrected chi connectivity index (χ4v) is 5.19. The number of amides is 1. The zero-order valence-corrected chi connectivity index (χ0v) is 21.6. The summed E-state index contributed by atoms with van der Waals surface area (Å²) in [6, 6.07) is 15.9. The average Bonchev–Trinajstić information content (AvgIpc) is 3.29. The van der Waals surface area contributed by atoms with Crippen LogP contribution in [0.5, 0.6) is 0 Å². The SMILES string of the molecule is C=CCOC(=O)Nc1cccc(-c2nc(C)sc2-c2ccnc(Nc3ccc4c(c3)CN(C)CC4)n2)c1.